The highest BCUT2D eigenvalue weighted by molar-refractivity contribution is 6.30. The molecule has 0 aliphatic heterocycles. The van der Waals surface area contributed by atoms with Gasteiger partial charge in [0.25, 0.3) is 0 Å². The van der Waals surface area contributed by atoms with Crippen molar-refractivity contribution < 1.29 is 9.90 Å². The van der Waals surface area contributed by atoms with Crippen LogP contribution in [-0.4, -0.2) is 28.1 Å². The second-order valence-electron chi connectivity index (χ2n) is 6.16. The first kappa shape index (κ1) is 17.4. The summed E-state index contributed by atoms with van der Waals surface area (Å²) in [4.78, 5) is 16.9. The predicted octanol–water partition coefficient (Wildman–Crippen LogP) is 2.95. The van der Waals surface area contributed by atoms with Crippen molar-refractivity contribution in [3.63, 3.8) is 0 Å². The summed E-state index contributed by atoms with van der Waals surface area (Å²) >= 11 is 5.93. The van der Waals surface area contributed by atoms with E-state index < -0.39 is 5.60 Å². The average Bonchev–Trinajstić information content (AvgIpc) is 2.52. The molecule has 1 aromatic heterocycles. The van der Waals surface area contributed by atoms with Crippen LogP contribution < -0.4 is 5.32 Å². The number of nitrogens with one attached hydrogen (secondary N) is 1. The van der Waals surface area contributed by atoms with Gasteiger partial charge in [-0.15, -0.1) is 0 Å². The van der Waals surface area contributed by atoms with E-state index in [4.69, 9.17) is 11.6 Å². The molecule has 1 atom stereocenters. The fourth-order valence-corrected chi connectivity index (χ4v) is 2.34. The van der Waals surface area contributed by atoms with Crippen molar-refractivity contribution in [2.75, 3.05) is 6.54 Å². The lowest BCUT2D eigenvalue weighted by atomic mass is 9.92. The first-order valence-electron chi connectivity index (χ1n) is 7.50. The van der Waals surface area contributed by atoms with Crippen LogP contribution in [0, 0.1) is 0 Å². The van der Waals surface area contributed by atoms with Crippen LogP contribution in [0.25, 0.3) is 0 Å². The maximum absolute atomic E-state index is 12.6. The van der Waals surface area contributed by atoms with Crippen molar-refractivity contribution in [2.24, 2.45) is 0 Å². The third kappa shape index (κ3) is 5.66. The van der Waals surface area contributed by atoms with E-state index in [0.717, 1.165) is 11.3 Å². The fraction of sp³-hybridized carbons (Fsp3) is 0.333. The number of benzene rings is 1. The second kappa shape index (κ2) is 7.57. The van der Waals surface area contributed by atoms with E-state index in [1.807, 2.05) is 30.3 Å². The zero-order valence-electron chi connectivity index (χ0n) is 13.3. The molecule has 0 fully saturated rings. The molecule has 5 heteroatoms. The van der Waals surface area contributed by atoms with Gasteiger partial charge in [-0.25, -0.2) is 0 Å². The monoisotopic (exact) mass is 332 g/mol. The molecule has 0 aliphatic rings. The Bertz CT molecular complexity index is 636. The first-order chi connectivity index (χ1) is 10.8. The molecule has 0 saturated heterocycles. The average molecular weight is 333 g/mol. The number of aliphatic hydroxyl groups is 1. The molecule has 2 N–H and O–H groups in total. The van der Waals surface area contributed by atoms with Gasteiger partial charge in [-0.2, -0.15) is 0 Å². The number of hydrogen-bond donors (Lipinski definition) is 2. The molecular formula is C18H21ClN2O2. The van der Waals surface area contributed by atoms with Gasteiger partial charge in [0.15, 0.2) is 0 Å². The van der Waals surface area contributed by atoms with E-state index >= 15 is 0 Å². The highest BCUT2D eigenvalue weighted by Crippen LogP contribution is 2.22. The summed E-state index contributed by atoms with van der Waals surface area (Å²) in [5.41, 5.74) is 0.754. The summed E-state index contributed by atoms with van der Waals surface area (Å²) < 4.78 is 0. The van der Waals surface area contributed by atoms with Gasteiger partial charge in [-0.05, 0) is 43.7 Å². The van der Waals surface area contributed by atoms with Crippen LogP contribution in [0.4, 0.5) is 0 Å². The van der Waals surface area contributed by atoms with E-state index in [0.29, 0.717) is 11.4 Å². The Balaban J connectivity index is 2.20. The summed E-state index contributed by atoms with van der Waals surface area (Å²) in [5, 5.41) is 13.2. The van der Waals surface area contributed by atoms with E-state index in [1.54, 1.807) is 32.2 Å². The largest absolute Gasteiger partial charge is 0.389 e. The molecule has 1 amide bonds. The molecule has 1 heterocycles. The minimum Gasteiger partial charge on any atom is -0.389 e. The molecule has 122 valence electrons. The van der Waals surface area contributed by atoms with Gasteiger partial charge in [-0.1, -0.05) is 29.8 Å². The highest BCUT2D eigenvalue weighted by atomic mass is 35.5. The summed E-state index contributed by atoms with van der Waals surface area (Å²) in [7, 11) is 0. The fourth-order valence-electron chi connectivity index (χ4n) is 2.21. The maximum atomic E-state index is 12.6. The maximum Gasteiger partial charge on any atom is 0.228 e. The molecule has 1 aromatic carbocycles. The number of rotatable bonds is 6. The van der Waals surface area contributed by atoms with E-state index in [9.17, 15) is 9.90 Å². The Kier molecular flexibility index (Phi) is 5.74. The van der Waals surface area contributed by atoms with Crippen molar-refractivity contribution >= 4 is 17.5 Å². The van der Waals surface area contributed by atoms with Gasteiger partial charge in [0.2, 0.25) is 5.91 Å². The lowest BCUT2D eigenvalue weighted by Crippen LogP contribution is -2.40. The lowest BCUT2D eigenvalue weighted by Gasteiger charge is -2.21. The topological polar surface area (TPSA) is 62.2 Å². The molecule has 0 bridgehead atoms. The SMILES string of the molecule is CC(C)(O)CNC(=O)C(Cc1ccccn1)c1ccc(Cl)cc1. The molecule has 0 spiro atoms. The van der Waals surface area contributed by atoms with Crippen LogP contribution in [0.3, 0.4) is 0 Å². The van der Waals surface area contributed by atoms with E-state index in [-0.39, 0.29) is 18.4 Å². The number of carbonyl (C=O) groups excluding carboxylic acids is 1. The van der Waals surface area contributed by atoms with Crippen molar-refractivity contribution in [1.29, 1.82) is 0 Å². The molecule has 1 unspecified atom stereocenters. The minimum atomic E-state index is -0.953. The standard InChI is InChI=1S/C18H21ClN2O2/c1-18(2,23)12-21-17(22)16(11-15-5-3-4-10-20-15)13-6-8-14(19)9-7-13/h3-10,16,23H,11-12H2,1-2H3,(H,21,22). The Labute approximate surface area is 141 Å². The van der Waals surface area contributed by atoms with Crippen molar-refractivity contribution in [3.8, 4) is 0 Å². The molecule has 0 aliphatic carbocycles. The number of pyridine rings is 1. The Morgan fingerprint density at radius 3 is 2.52 bits per heavy atom. The molecular weight excluding hydrogens is 312 g/mol. The predicted molar refractivity (Wildman–Crippen MR) is 91.4 cm³/mol. The molecule has 0 saturated carbocycles. The van der Waals surface area contributed by atoms with Crippen molar-refractivity contribution in [2.45, 2.75) is 31.8 Å². The Hall–Kier alpha value is -1.91. The smallest absolute Gasteiger partial charge is 0.228 e. The first-order valence-corrected chi connectivity index (χ1v) is 7.88. The number of halogens is 1. The number of hydrogen-bond acceptors (Lipinski definition) is 3. The van der Waals surface area contributed by atoms with Crippen LogP contribution in [-0.2, 0) is 11.2 Å². The Morgan fingerprint density at radius 1 is 1.26 bits per heavy atom. The zero-order chi connectivity index (χ0) is 16.9. The third-order valence-electron chi connectivity index (χ3n) is 3.42. The van der Waals surface area contributed by atoms with Crippen LogP contribution in [0.5, 0.6) is 0 Å². The van der Waals surface area contributed by atoms with Crippen LogP contribution >= 0.6 is 11.6 Å². The summed E-state index contributed by atoms with van der Waals surface area (Å²) in [6, 6.07) is 12.9. The van der Waals surface area contributed by atoms with Gasteiger partial charge in [0, 0.05) is 29.9 Å². The van der Waals surface area contributed by atoms with E-state index in [2.05, 4.69) is 10.3 Å². The van der Waals surface area contributed by atoms with Crippen molar-refractivity contribution in [3.05, 3.63) is 64.9 Å². The van der Waals surface area contributed by atoms with Crippen LogP contribution in [0.2, 0.25) is 5.02 Å². The Morgan fingerprint density at radius 2 is 1.96 bits per heavy atom. The summed E-state index contributed by atoms with van der Waals surface area (Å²) in [6.07, 6.45) is 2.20. The summed E-state index contributed by atoms with van der Waals surface area (Å²) in [6.45, 7) is 3.50. The third-order valence-corrected chi connectivity index (χ3v) is 3.68. The number of carbonyl (C=O) groups is 1. The van der Waals surface area contributed by atoms with Crippen LogP contribution in [0.15, 0.2) is 48.7 Å². The summed E-state index contributed by atoms with van der Waals surface area (Å²) in [5.74, 6) is -0.524. The minimum absolute atomic E-state index is 0.139. The molecule has 23 heavy (non-hydrogen) atoms. The molecule has 4 nitrogen and oxygen atoms in total. The van der Waals surface area contributed by atoms with Gasteiger partial charge in [0.05, 0.1) is 11.5 Å². The van der Waals surface area contributed by atoms with Crippen LogP contribution in [0.1, 0.15) is 31.0 Å². The normalized spacial score (nSPS) is 12.7. The molecule has 2 rings (SSSR count). The van der Waals surface area contributed by atoms with Gasteiger partial charge < -0.3 is 10.4 Å². The number of amides is 1. The quantitative estimate of drug-likeness (QED) is 0.855. The van der Waals surface area contributed by atoms with E-state index in [1.165, 1.54) is 0 Å². The number of aromatic nitrogens is 1. The lowest BCUT2D eigenvalue weighted by molar-refractivity contribution is -0.123. The molecule has 0 radical (unpaired) electrons. The van der Waals surface area contributed by atoms with Gasteiger partial charge >= 0.3 is 0 Å². The second-order valence-corrected chi connectivity index (χ2v) is 6.60. The highest BCUT2D eigenvalue weighted by Gasteiger charge is 2.23. The molecule has 2 aromatic rings. The van der Waals surface area contributed by atoms with Gasteiger partial charge in [0.1, 0.15) is 0 Å². The number of nitrogens with zero attached hydrogens (tertiary/aromatic N) is 1. The van der Waals surface area contributed by atoms with Gasteiger partial charge in [-0.3, -0.25) is 9.78 Å². The van der Waals surface area contributed by atoms with Crippen molar-refractivity contribution in [1.82, 2.24) is 10.3 Å². The zero-order valence-corrected chi connectivity index (χ0v) is 14.0.